The third-order valence-corrected chi connectivity index (χ3v) is 5.44. The summed E-state index contributed by atoms with van der Waals surface area (Å²) in [5.74, 6) is 0.477. The molecule has 0 aliphatic heterocycles. The summed E-state index contributed by atoms with van der Waals surface area (Å²) < 4.78 is 11.5. The van der Waals surface area contributed by atoms with E-state index in [1.54, 1.807) is 12.1 Å². The summed E-state index contributed by atoms with van der Waals surface area (Å²) in [6.07, 6.45) is 0. The van der Waals surface area contributed by atoms with Gasteiger partial charge in [-0.3, -0.25) is 0 Å². The Morgan fingerprint density at radius 1 is 0.800 bits per heavy atom. The van der Waals surface area contributed by atoms with Crippen molar-refractivity contribution in [2.75, 3.05) is 0 Å². The number of halogens is 1. The van der Waals surface area contributed by atoms with E-state index in [0.717, 1.165) is 32.8 Å². The molecule has 0 atom stereocenters. The highest BCUT2D eigenvalue weighted by Crippen LogP contribution is 2.35. The third-order valence-electron chi connectivity index (χ3n) is 5.14. The largest absolute Gasteiger partial charge is 0.487 e. The van der Waals surface area contributed by atoms with E-state index in [1.165, 1.54) is 6.07 Å². The molecule has 1 heterocycles. The first-order valence-corrected chi connectivity index (χ1v) is 9.99. The zero-order chi connectivity index (χ0) is 20.5. The SMILES string of the molecule is O=c1cc(-c2ccccc2)c2cc(Cl)c(OCc3cccc4ccccc34)cc2o1. The van der Waals surface area contributed by atoms with Crippen LogP contribution < -0.4 is 10.4 Å². The second-order valence-electron chi connectivity index (χ2n) is 7.05. The predicted octanol–water partition coefficient (Wildman–Crippen LogP) is 6.85. The first-order chi connectivity index (χ1) is 14.7. The summed E-state index contributed by atoms with van der Waals surface area (Å²) in [6, 6.07) is 28.9. The molecule has 0 fully saturated rings. The van der Waals surface area contributed by atoms with Crippen LogP contribution in [0, 0.1) is 0 Å². The number of benzene rings is 4. The molecule has 1 aromatic heterocycles. The topological polar surface area (TPSA) is 39.4 Å². The summed E-state index contributed by atoms with van der Waals surface area (Å²) in [4.78, 5) is 12.2. The molecule has 0 amide bonds. The maximum Gasteiger partial charge on any atom is 0.336 e. The van der Waals surface area contributed by atoms with Crippen LogP contribution >= 0.6 is 11.6 Å². The fourth-order valence-electron chi connectivity index (χ4n) is 3.70. The van der Waals surface area contributed by atoms with Crippen molar-refractivity contribution in [3.8, 4) is 16.9 Å². The van der Waals surface area contributed by atoms with E-state index in [1.807, 2.05) is 54.6 Å². The molecule has 0 bridgehead atoms. The minimum Gasteiger partial charge on any atom is -0.487 e. The standard InChI is InChI=1S/C26H17ClO3/c27-23-13-22-21(18-7-2-1-3-8-18)14-26(28)30-24(22)15-25(23)29-16-19-11-6-10-17-9-4-5-12-20(17)19/h1-15H,16H2. The van der Waals surface area contributed by atoms with Gasteiger partial charge in [0.2, 0.25) is 0 Å². The van der Waals surface area contributed by atoms with Crippen LogP contribution in [0.15, 0.2) is 100 Å². The summed E-state index contributed by atoms with van der Waals surface area (Å²) in [6.45, 7) is 0.356. The van der Waals surface area contributed by atoms with Crippen molar-refractivity contribution in [1.82, 2.24) is 0 Å². The average molecular weight is 413 g/mol. The number of rotatable bonds is 4. The third kappa shape index (κ3) is 3.44. The summed E-state index contributed by atoms with van der Waals surface area (Å²) in [7, 11) is 0. The van der Waals surface area contributed by atoms with E-state index in [9.17, 15) is 4.79 Å². The zero-order valence-corrected chi connectivity index (χ0v) is 16.7. The normalized spacial score (nSPS) is 11.1. The smallest absolute Gasteiger partial charge is 0.336 e. The van der Waals surface area contributed by atoms with Gasteiger partial charge in [0, 0.05) is 17.5 Å². The van der Waals surface area contributed by atoms with Crippen molar-refractivity contribution < 1.29 is 9.15 Å². The van der Waals surface area contributed by atoms with E-state index in [2.05, 4.69) is 18.2 Å². The van der Waals surface area contributed by atoms with Crippen LogP contribution in [0.2, 0.25) is 5.02 Å². The lowest BCUT2D eigenvalue weighted by atomic mass is 10.0. The second kappa shape index (κ2) is 7.69. The number of hydrogen-bond acceptors (Lipinski definition) is 3. The minimum absolute atomic E-state index is 0.356. The fraction of sp³-hybridized carbons (Fsp3) is 0.0385. The Hall–Kier alpha value is -3.56. The fourth-order valence-corrected chi connectivity index (χ4v) is 3.92. The Kier molecular flexibility index (Phi) is 4.74. The predicted molar refractivity (Wildman–Crippen MR) is 121 cm³/mol. The lowest BCUT2D eigenvalue weighted by Crippen LogP contribution is -2.00. The summed E-state index contributed by atoms with van der Waals surface area (Å²) in [5.41, 5.74) is 2.80. The first-order valence-electron chi connectivity index (χ1n) is 9.61. The van der Waals surface area contributed by atoms with Gasteiger partial charge in [-0.1, -0.05) is 84.4 Å². The molecule has 5 aromatic rings. The molecule has 0 aliphatic rings. The quantitative estimate of drug-likeness (QED) is 0.303. The van der Waals surface area contributed by atoms with Gasteiger partial charge in [0.25, 0.3) is 0 Å². The van der Waals surface area contributed by atoms with Gasteiger partial charge in [0.05, 0.1) is 5.02 Å². The minimum atomic E-state index is -0.413. The molecular weight excluding hydrogens is 396 g/mol. The Balaban J connectivity index is 1.54. The van der Waals surface area contributed by atoms with Gasteiger partial charge >= 0.3 is 5.63 Å². The van der Waals surface area contributed by atoms with Gasteiger partial charge in [-0.25, -0.2) is 4.79 Å². The van der Waals surface area contributed by atoms with Crippen molar-refractivity contribution in [3.63, 3.8) is 0 Å². The van der Waals surface area contributed by atoms with Crippen molar-refractivity contribution in [3.05, 3.63) is 112 Å². The van der Waals surface area contributed by atoms with Gasteiger partial charge in [-0.15, -0.1) is 0 Å². The maximum absolute atomic E-state index is 12.2. The van der Waals surface area contributed by atoms with Gasteiger partial charge < -0.3 is 9.15 Å². The molecule has 4 heteroatoms. The Bertz CT molecular complexity index is 1420. The molecular formula is C26H17ClO3. The van der Waals surface area contributed by atoms with E-state index in [4.69, 9.17) is 20.8 Å². The molecule has 30 heavy (non-hydrogen) atoms. The molecule has 0 unspecified atom stereocenters. The van der Waals surface area contributed by atoms with Crippen molar-refractivity contribution in [1.29, 1.82) is 0 Å². The lowest BCUT2D eigenvalue weighted by Gasteiger charge is -2.12. The number of ether oxygens (including phenoxy) is 1. The van der Waals surface area contributed by atoms with E-state index < -0.39 is 5.63 Å². The van der Waals surface area contributed by atoms with Gasteiger partial charge in [-0.05, 0) is 33.5 Å². The molecule has 146 valence electrons. The molecule has 0 aliphatic carbocycles. The molecule has 4 aromatic carbocycles. The van der Waals surface area contributed by atoms with E-state index in [-0.39, 0.29) is 0 Å². The molecule has 0 spiro atoms. The van der Waals surface area contributed by atoms with Crippen molar-refractivity contribution in [2.45, 2.75) is 6.61 Å². The highest BCUT2D eigenvalue weighted by atomic mass is 35.5. The van der Waals surface area contributed by atoms with Crippen LogP contribution in [0.1, 0.15) is 5.56 Å². The van der Waals surface area contributed by atoms with Gasteiger partial charge in [0.15, 0.2) is 0 Å². The zero-order valence-electron chi connectivity index (χ0n) is 16.0. The first kappa shape index (κ1) is 18.5. The summed E-state index contributed by atoms with van der Waals surface area (Å²) >= 11 is 6.54. The lowest BCUT2D eigenvalue weighted by molar-refractivity contribution is 0.308. The van der Waals surface area contributed by atoms with Crippen molar-refractivity contribution in [2.24, 2.45) is 0 Å². The van der Waals surface area contributed by atoms with E-state index >= 15 is 0 Å². The van der Waals surface area contributed by atoms with Crippen LogP contribution in [0.3, 0.4) is 0 Å². The molecule has 0 radical (unpaired) electrons. The maximum atomic E-state index is 12.2. The Morgan fingerprint density at radius 2 is 1.57 bits per heavy atom. The van der Waals surface area contributed by atoms with Crippen LogP contribution in [0.5, 0.6) is 5.75 Å². The van der Waals surface area contributed by atoms with Crippen molar-refractivity contribution >= 4 is 33.3 Å². The average Bonchev–Trinajstić information content (AvgIpc) is 2.78. The van der Waals surface area contributed by atoms with Crippen LogP contribution in [-0.2, 0) is 6.61 Å². The molecule has 0 saturated carbocycles. The molecule has 5 rings (SSSR count). The Labute approximate surface area is 178 Å². The summed E-state index contributed by atoms with van der Waals surface area (Å²) in [5, 5.41) is 3.52. The molecule has 0 N–H and O–H groups in total. The molecule has 0 saturated heterocycles. The van der Waals surface area contributed by atoms with Crippen LogP contribution in [-0.4, -0.2) is 0 Å². The van der Waals surface area contributed by atoms with Crippen LogP contribution in [0.4, 0.5) is 0 Å². The number of hydrogen-bond donors (Lipinski definition) is 0. The highest BCUT2D eigenvalue weighted by molar-refractivity contribution is 6.33. The van der Waals surface area contributed by atoms with Gasteiger partial charge in [-0.2, -0.15) is 0 Å². The van der Waals surface area contributed by atoms with Crippen LogP contribution in [0.25, 0.3) is 32.9 Å². The highest BCUT2D eigenvalue weighted by Gasteiger charge is 2.13. The van der Waals surface area contributed by atoms with Gasteiger partial charge in [0.1, 0.15) is 17.9 Å². The second-order valence-corrected chi connectivity index (χ2v) is 7.46. The molecule has 3 nitrogen and oxygen atoms in total. The number of fused-ring (bicyclic) bond motifs is 2. The van der Waals surface area contributed by atoms with E-state index in [0.29, 0.717) is 23.0 Å². The monoisotopic (exact) mass is 412 g/mol. The Morgan fingerprint density at radius 3 is 2.43 bits per heavy atom.